The van der Waals surface area contributed by atoms with Crippen LogP contribution >= 0.6 is 11.6 Å². The van der Waals surface area contributed by atoms with Crippen molar-refractivity contribution in [3.8, 4) is 0 Å². The van der Waals surface area contributed by atoms with Gasteiger partial charge in [0.05, 0.1) is 17.9 Å². The van der Waals surface area contributed by atoms with E-state index in [0.717, 1.165) is 31.2 Å². The monoisotopic (exact) mass is 589 g/mol. The van der Waals surface area contributed by atoms with E-state index < -0.39 is 29.6 Å². The lowest BCUT2D eigenvalue weighted by molar-refractivity contribution is -0.141. The van der Waals surface area contributed by atoms with Gasteiger partial charge in [-0.3, -0.25) is 14.4 Å². The molecule has 2 saturated heterocycles. The van der Waals surface area contributed by atoms with Crippen molar-refractivity contribution in [2.45, 2.75) is 82.6 Å². The Labute approximate surface area is 253 Å². The van der Waals surface area contributed by atoms with Crippen molar-refractivity contribution < 1.29 is 19.1 Å². The van der Waals surface area contributed by atoms with Crippen LogP contribution in [0.2, 0.25) is 5.02 Å². The molecule has 2 aromatic rings. The van der Waals surface area contributed by atoms with Crippen molar-refractivity contribution in [2.24, 2.45) is 17.8 Å². The van der Waals surface area contributed by atoms with Crippen molar-refractivity contribution in [3.63, 3.8) is 0 Å². The fourth-order valence-electron chi connectivity index (χ4n) is 7.42. The van der Waals surface area contributed by atoms with E-state index >= 15 is 0 Å². The number of amides is 3. The van der Waals surface area contributed by atoms with Gasteiger partial charge in [0.25, 0.3) is 0 Å². The fraction of sp³-hybridized carbons (Fsp3) is 0.500. The number of hydrogen-bond donors (Lipinski definition) is 2. The second kappa shape index (κ2) is 11.5. The molecule has 42 heavy (non-hydrogen) atoms. The predicted octanol–water partition coefficient (Wildman–Crippen LogP) is 5.49. The Kier molecular flexibility index (Phi) is 7.92. The van der Waals surface area contributed by atoms with Crippen molar-refractivity contribution in [1.29, 1.82) is 0 Å². The molecule has 2 aromatic carbocycles. The number of carbonyl (C=O) groups excluding carboxylic acids is 3. The smallest absolute Gasteiger partial charge is 0.246 e. The van der Waals surface area contributed by atoms with Crippen molar-refractivity contribution >= 4 is 35.0 Å². The Morgan fingerprint density at radius 1 is 1.07 bits per heavy atom. The largest absolute Gasteiger partial charge is 0.359 e. The van der Waals surface area contributed by atoms with Crippen LogP contribution in [0, 0.1) is 17.8 Å². The Balaban J connectivity index is 1.28. The summed E-state index contributed by atoms with van der Waals surface area (Å²) in [4.78, 5) is 43.8. The number of likely N-dealkylation sites (tertiary alicyclic amines) is 1. The first-order chi connectivity index (χ1) is 20.2. The van der Waals surface area contributed by atoms with E-state index in [-0.39, 0.29) is 23.8 Å². The van der Waals surface area contributed by atoms with Gasteiger partial charge in [0.2, 0.25) is 17.7 Å². The minimum Gasteiger partial charge on any atom is -0.359 e. The first-order valence-corrected chi connectivity index (χ1v) is 15.7. The molecule has 6 rings (SSSR count). The van der Waals surface area contributed by atoms with E-state index in [4.69, 9.17) is 16.3 Å². The summed E-state index contributed by atoms with van der Waals surface area (Å²) in [6.07, 6.45) is 7.87. The number of fused-ring (bicyclic) bond motifs is 1. The molecule has 8 heteroatoms. The zero-order valence-electron chi connectivity index (χ0n) is 24.5. The normalized spacial score (nSPS) is 31.5. The molecule has 2 N–H and O–H groups in total. The Morgan fingerprint density at radius 3 is 2.52 bits per heavy atom. The average Bonchev–Trinajstić information content (AvgIpc) is 3.61. The van der Waals surface area contributed by atoms with Gasteiger partial charge in [-0.2, -0.15) is 0 Å². The molecule has 3 amide bonds. The van der Waals surface area contributed by atoms with Gasteiger partial charge in [0.1, 0.15) is 11.6 Å². The van der Waals surface area contributed by atoms with E-state index in [1.54, 1.807) is 4.90 Å². The highest BCUT2D eigenvalue weighted by molar-refractivity contribution is 6.31. The summed E-state index contributed by atoms with van der Waals surface area (Å²) in [7, 11) is 0. The minimum atomic E-state index is -1.19. The summed E-state index contributed by atoms with van der Waals surface area (Å²) in [6, 6.07) is 14.5. The summed E-state index contributed by atoms with van der Waals surface area (Å²) in [6.45, 7) is 6.71. The first-order valence-electron chi connectivity index (χ1n) is 15.3. The number of hydrogen-bond acceptors (Lipinski definition) is 4. The van der Waals surface area contributed by atoms with Crippen LogP contribution in [0.4, 0.5) is 5.69 Å². The van der Waals surface area contributed by atoms with Crippen LogP contribution in [-0.4, -0.2) is 53.0 Å². The van der Waals surface area contributed by atoms with Crippen LogP contribution < -0.4 is 10.6 Å². The van der Waals surface area contributed by atoms with E-state index in [2.05, 4.69) is 31.4 Å². The third-order valence-corrected chi connectivity index (χ3v) is 10.2. The van der Waals surface area contributed by atoms with Gasteiger partial charge < -0.3 is 20.3 Å². The molecular weight excluding hydrogens is 550 g/mol. The lowest BCUT2D eigenvalue weighted by Crippen LogP contribution is -2.57. The highest BCUT2D eigenvalue weighted by atomic mass is 35.5. The summed E-state index contributed by atoms with van der Waals surface area (Å²) < 4.78 is 6.51. The van der Waals surface area contributed by atoms with Gasteiger partial charge in [-0.1, -0.05) is 87.7 Å². The molecule has 4 aliphatic rings. The van der Waals surface area contributed by atoms with Gasteiger partial charge in [-0.15, -0.1) is 0 Å². The van der Waals surface area contributed by atoms with E-state index in [1.165, 1.54) is 5.56 Å². The molecular formula is C34H40ClN3O4. The summed E-state index contributed by atoms with van der Waals surface area (Å²) in [5.41, 5.74) is 1.57. The molecule has 1 spiro atoms. The van der Waals surface area contributed by atoms with Crippen LogP contribution in [-0.2, 0) is 25.5 Å². The number of nitrogens with one attached hydrogen (secondary N) is 2. The molecule has 1 saturated carbocycles. The first kappa shape index (κ1) is 28.9. The number of anilines is 1. The highest BCUT2D eigenvalue weighted by Crippen LogP contribution is 2.55. The van der Waals surface area contributed by atoms with E-state index in [1.807, 2.05) is 60.7 Å². The number of carbonyl (C=O) groups is 3. The topological polar surface area (TPSA) is 87.7 Å². The Hall–Kier alpha value is -3.16. The van der Waals surface area contributed by atoms with E-state index in [9.17, 15) is 14.4 Å². The maximum Gasteiger partial charge on any atom is 0.246 e. The molecule has 3 heterocycles. The molecule has 3 fully saturated rings. The summed E-state index contributed by atoms with van der Waals surface area (Å²) >= 11 is 6.44. The van der Waals surface area contributed by atoms with Crippen molar-refractivity contribution in [2.75, 3.05) is 11.9 Å². The lowest BCUT2D eigenvalue weighted by Gasteiger charge is -2.36. The number of ether oxygens (including phenoxy) is 1. The van der Waals surface area contributed by atoms with Crippen LogP contribution in [0.3, 0.4) is 0 Å². The second-order valence-electron chi connectivity index (χ2n) is 12.7. The highest BCUT2D eigenvalue weighted by Gasteiger charge is 2.72. The van der Waals surface area contributed by atoms with Crippen LogP contribution in [0.5, 0.6) is 0 Å². The number of halogens is 1. The third kappa shape index (κ3) is 5.05. The van der Waals surface area contributed by atoms with Gasteiger partial charge in [-0.05, 0) is 60.4 Å². The minimum absolute atomic E-state index is 0.0534. The number of rotatable bonds is 8. The van der Waals surface area contributed by atoms with Crippen LogP contribution in [0.1, 0.15) is 63.5 Å². The SMILES string of the molecule is CC(C)c1ccc(NC(=O)[C@H]2[C@H]3C=C[C@@]4(O3)[C@H]2C(=O)N(CCc2ccccc2Cl)[C@@H]4C(=O)N[C@@H]2CCCC[C@@H]2C)cc1. The molecule has 7 atom stereocenters. The molecule has 222 valence electrons. The molecule has 0 aromatic heterocycles. The zero-order chi connectivity index (χ0) is 29.6. The predicted molar refractivity (Wildman–Crippen MR) is 163 cm³/mol. The zero-order valence-corrected chi connectivity index (χ0v) is 25.3. The van der Waals surface area contributed by atoms with Gasteiger partial charge in [0.15, 0.2) is 0 Å². The molecule has 3 aliphatic heterocycles. The molecule has 2 bridgehead atoms. The summed E-state index contributed by atoms with van der Waals surface area (Å²) in [5, 5.41) is 6.93. The fourth-order valence-corrected chi connectivity index (χ4v) is 7.65. The third-order valence-electron chi connectivity index (χ3n) is 9.79. The second-order valence-corrected chi connectivity index (χ2v) is 13.1. The molecule has 0 unspecified atom stereocenters. The number of benzene rings is 2. The maximum atomic E-state index is 14.3. The summed E-state index contributed by atoms with van der Waals surface area (Å²) in [5.74, 6) is -1.47. The Bertz CT molecular complexity index is 1390. The Morgan fingerprint density at radius 2 is 1.81 bits per heavy atom. The van der Waals surface area contributed by atoms with Crippen LogP contribution in [0.25, 0.3) is 0 Å². The average molecular weight is 590 g/mol. The van der Waals surface area contributed by atoms with Crippen molar-refractivity contribution in [3.05, 3.63) is 76.8 Å². The molecule has 0 radical (unpaired) electrons. The lowest BCUT2D eigenvalue weighted by atomic mass is 9.74. The van der Waals surface area contributed by atoms with Gasteiger partial charge >= 0.3 is 0 Å². The standard InChI is InChI=1S/C34H40ClN3O4/c1-20(2)22-12-14-24(15-13-22)36-31(39)28-27-16-18-34(42-27)29(28)33(41)38(19-17-23-9-5-6-10-25(23)35)30(34)32(40)37-26-11-7-4-8-21(26)3/h5-6,9-10,12-16,18,20-21,26-30H,4,7-8,11,17,19H2,1-3H3,(H,36,39)(H,37,40)/t21-,26+,27+,28-,29+,30+,34+/m0/s1. The van der Waals surface area contributed by atoms with Crippen molar-refractivity contribution in [1.82, 2.24) is 10.2 Å². The van der Waals surface area contributed by atoms with Gasteiger partial charge in [-0.25, -0.2) is 0 Å². The number of nitrogens with zero attached hydrogens (tertiary/aromatic N) is 1. The molecule has 1 aliphatic carbocycles. The quantitative estimate of drug-likeness (QED) is 0.399. The van der Waals surface area contributed by atoms with E-state index in [0.29, 0.717) is 35.5 Å². The van der Waals surface area contributed by atoms with Gasteiger partial charge in [0, 0.05) is 23.3 Å². The van der Waals surface area contributed by atoms with Crippen LogP contribution in [0.15, 0.2) is 60.7 Å². The molecule has 7 nitrogen and oxygen atoms in total. The maximum absolute atomic E-state index is 14.3.